The Labute approximate surface area is 156 Å². The molecule has 3 rings (SSSR count). The molecule has 3 nitrogen and oxygen atoms in total. The molecule has 1 unspecified atom stereocenters. The minimum absolute atomic E-state index is 0.0669. The summed E-state index contributed by atoms with van der Waals surface area (Å²) in [5.74, 6) is 0.876. The fourth-order valence-electron chi connectivity index (χ4n) is 4.52. The van der Waals surface area contributed by atoms with Gasteiger partial charge in [-0.2, -0.15) is 4.39 Å². The van der Waals surface area contributed by atoms with E-state index in [9.17, 15) is 9.18 Å². The van der Waals surface area contributed by atoms with Crippen molar-refractivity contribution in [3.05, 3.63) is 23.5 Å². The van der Waals surface area contributed by atoms with Crippen LogP contribution in [0.3, 0.4) is 0 Å². The quantitative estimate of drug-likeness (QED) is 0.462. The van der Waals surface area contributed by atoms with Crippen molar-refractivity contribution in [2.24, 2.45) is 17.8 Å². The van der Waals surface area contributed by atoms with Crippen LogP contribution in [-0.4, -0.2) is 12.6 Å². The number of hydrogen-bond donors (Lipinski definition) is 0. The van der Waals surface area contributed by atoms with E-state index in [1.807, 2.05) is 6.07 Å². The van der Waals surface area contributed by atoms with Crippen molar-refractivity contribution in [1.82, 2.24) is 0 Å². The van der Waals surface area contributed by atoms with Crippen LogP contribution in [0, 0.1) is 23.6 Å². The van der Waals surface area contributed by atoms with Crippen molar-refractivity contribution in [1.29, 1.82) is 0 Å². The van der Waals surface area contributed by atoms with E-state index in [1.165, 1.54) is 38.5 Å². The van der Waals surface area contributed by atoms with Gasteiger partial charge in [-0.25, -0.2) is 0 Å². The predicted molar refractivity (Wildman–Crippen MR) is 100.0 cm³/mol. The molecule has 4 heteroatoms. The lowest BCUT2D eigenvalue weighted by Gasteiger charge is -2.30. The number of fused-ring (bicyclic) bond motifs is 1. The molecule has 144 valence electrons. The first-order valence-electron chi connectivity index (χ1n) is 10.3. The zero-order chi connectivity index (χ0) is 18.5. The SMILES string of the molecule is CCCC1CCC(CCC2Cc3ccc(OCC)c(F)c3OC2=O)CC1. The Morgan fingerprint density at radius 3 is 2.42 bits per heavy atom. The van der Waals surface area contributed by atoms with Gasteiger partial charge in [-0.1, -0.05) is 51.5 Å². The third-order valence-electron chi connectivity index (χ3n) is 6.03. The van der Waals surface area contributed by atoms with Gasteiger partial charge in [0.1, 0.15) is 0 Å². The Kier molecular flexibility index (Phi) is 6.55. The van der Waals surface area contributed by atoms with Gasteiger partial charge in [0.25, 0.3) is 0 Å². The van der Waals surface area contributed by atoms with Crippen LogP contribution in [0.25, 0.3) is 0 Å². The van der Waals surface area contributed by atoms with E-state index < -0.39 is 5.82 Å². The van der Waals surface area contributed by atoms with E-state index >= 15 is 0 Å². The highest BCUT2D eigenvalue weighted by Crippen LogP contribution is 2.39. The van der Waals surface area contributed by atoms with E-state index in [0.29, 0.717) is 13.0 Å². The van der Waals surface area contributed by atoms with Crippen LogP contribution in [0.5, 0.6) is 11.5 Å². The molecular formula is C22H31FO3. The second-order valence-corrected chi connectivity index (χ2v) is 7.87. The van der Waals surface area contributed by atoms with Crippen LogP contribution in [0.15, 0.2) is 12.1 Å². The zero-order valence-electron chi connectivity index (χ0n) is 16.1. The molecule has 0 radical (unpaired) electrons. The molecule has 0 N–H and O–H groups in total. The van der Waals surface area contributed by atoms with Gasteiger partial charge in [-0.3, -0.25) is 4.79 Å². The zero-order valence-corrected chi connectivity index (χ0v) is 16.1. The first-order valence-corrected chi connectivity index (χ1v) is 10.3. The predicted octanol–water partition coefficient (Wildman–Crippen LogP) is 5.69. The number of ether oxygens (including phenoxy) is 2. The fourth-order valence-corrected chi connectivity index (χ4v) is 4.52. The van der Waals surface area contributed by atoms with E-state index in [0.717, 1.165) is 30.2 Å². The lowest BCUT2D eigenvalue weighted by atomic mass is 9.77. The maximum atomic E-state index is 14.4. The van der Waals surface area contributed by atoms with Gasteiger partial charge in [0.05, 0.1) is 12.5 Å². The fraction of sp³-hybridized carbons (Fsp3) is 0.682. The van der Waals surface area contributed by atoms with Gasteiger partial charge >= 0.3 is 5.97 Å². The molecule has 0 aromatic heterocycles. The number of esters is 1. The number of rotatable bonds is 7. The first-order chi connectivity index (χ1) is 12.6. The van der Waals surface area contributed by atoms with Crippen LogP contribution < -0.4 is 9.47 Å². The van der Waals surface area contributed by atoms with Crippen molar-refractivity contribution < 1.29 is 18.7 Å². The molecule has 1 aromatic rings. The number of halogens is 1. The van der Waals surface area contributed by atoms with E-state index in [2.05, 4.69) is 6.92 Å². The highest BCUT2D eigenvalue weighted by Gasteiger charge is 2.32. The van der Waals surface area contributed by atoms with E-state index in [4.69, 9.17) is 9.47 Å². The molecule has 1 aromatic carbocycles. The second kappa shape index (κ2) is 8.88. The molecule has 0 amide bonds. The van der Waals surface area contributed by atoms with Crippen molar-refractivity contribution in [3.8, 4) is 11.5 Å². The second-order valence-electron chi connectivity index (χ2n) is 7.87. The van der Waals surface area contributed by atoms with Crippen LogP contribution in [0.1, 0.15) is 70.8 Å². The molecule has 0 spiro atoms. The van der Waals surface area contributed by atoms with Crippen molar-refractivity contribution in [2.45, 2.75) is 71.6 Å². The van der Waals surface area contributed by atoms with Gasteiger partial charge < -0.3 is 9.47 Å². The molecule has 2 aliphatic rings. The Bertz CT molecular complexity index is 620. The Morgan fingerprint density at radius 1 is 1.08 bits per heavy atom. The highest BCUT2D eigenvalue weighted by molar-refractivity contribution is 5.78. The summed E-state index contributed by atoms with van der Waals surface area (Å²) in [5.41, 5.74) is 0.780. The Morgan fingerprint density at radius 2 is 1.77 bits per heavy atom. The summed E-state index contributed by atoms with van der Waals surface area (Å²) < 4.78 is 25.0. The standard InChI is InChI=1S/C22H31FO3/c1-3-5-15-6-8-16(9-7-15)10-11-18-14-17-12-13-19(25-4-2)20(23)21(17)26-22(18)24/h12-13,15-16,18H,3-11,14H2,1-2H3. The van der Waals surface area contributed by atoms with Crippen LogP contribution >= 0.6 is 0 Å². The van der Waals surface area contributed by atoms with Gasteiger partial charge in [0, 0.05) is 0 Å². The molecule has 1 saturated carbocycles. The average Bonchev–Trinajstić information content (AvgIpc) is 2.65. The molecule has 0 bridgehead atoms. The lowest BCUT2D eigenvalue weighted by Crippen LogP contribution is -2.29. The number of carbonyl (C=O) groups is 1. The minimum Gasteiger partial charge on any atom is -0.491 e. The average molecular weight is 362 g/mol. The van der Waals surface area contributed by atoms with Gasteiger partial charge in [-0.05, 0) is 49.7 Å². The van der Waals surface area contributed by atoms with Crippen LogP contribution in [-0.2, 0) is 11.2 Å². The molecule has 1 heterocycles. The summed E-state index contributed by atoms with van der Waals surface area (Å²) in [6.07, 6.45) is 10.4. The maximum Gasteiger partial charge on any atom is 0.314 e. The van der Waals surface area contributed by atoms with Crippen molar-refractivity contribution in [2.75, 3.05) is 6.61 Å². The van der Waals surface area contributed by atoms with Gasteiger partial charge in [0.2, 0.25) is 5.82 Å². The summed E-state index contributed by atoms with van der Waals surface area (Å²) in [4.78, 5) is 12.4. The monoisotopic (exact) mass is 362 g/mol. The highest BCUT2D eigenvalue weighted by atomic mass is 19.1. The topological polar surface area (TPSA) is 35.5 Å². The number of benzene rings is 1. The third kappa shape index (κ3) is 4.39. The van der Waals surface area contributed by atoms with E-state index in [-0.39, 0.29) is 23.4 Å². The number of carbonyl (C=O) groups excluding carboxylic acids is 1. The smallest absolute Gasteiger partial charge is 0.314 e. The number of hydrogen-bond acceptors (Lipinski definition) is 3. The first kappa shape index (κ1) is 19.2. The summed E-state index contributed by atoms with van der Waals surface area (Å²) in [7, 11) is 0. The third-order valence-corrected chi connectivity index (χ3v) is 6.03. The summed E-state index contributed by atoms with van der Waals surface area (Å²) >= 11 is 0. The van der Waals surface area contributed by atoms with Crippen molar-refractivity contribution in [3.63, 3.8) is 0 Å². The summed E-state index contributed by atoms with van der Waals surface area (Å²) in [5, 5.41) is 0. The molecule has 26 heavy (non-hydrogen) atoms. The Hall–Kier alpha value is -1.58. The molecule has 1 aliphatic heterocycles. The Balaban J connectivity index is 1.55. The molecule has 1 fully saturated rings. The normalized spacial score (nSPS) is 25.5. The molecule has 0 saturated heterocycles. The summed E-state index contributed by atoms with van der Waals surface area (Å²) in [6, 6.07) is 3.47. The van der Waals surface area contributed by atoms with Crippen LogP contribution in [0.2, 0.25) is 0 Å². The largest absolute Gasteiger partial charge is 0.491 e. The van der Waals surface area contributed by atoms with E-state index in [1.54, 1.807) is 13.0 Å². The van der Waals surface area contributed by atoms with Crippen molar-refractivity contribution >= 4 is 5.97 Å². The van der Waals surface area contributed by atoms with Gasteiger partial charge in [-0.15, -0.1) is 0 Å². The summed E-state index contributed by atoms with van der Waals surface area (Å²) in [6.45, 7) is 4.45. The maximum absolute atomic E-state index is 14.4. The molecule has 1 atom stereocenters. The molecular weight excluding hydrogens is 331 g/mol. The van der Waals surface area contributed by atoms with Gasteiger partial charge in [0.15, 0.2) is 11.5 Å². The lowest BCUT2D eigenvalue weighted by molar-refractivity contribution is -0.140. The molecule has 1 aliphatic carbocycles. The van der Waals surface area contributed by atoms with Crippen LogP contribution in [0.4, 0.5) is 4.39 Å². The minimum atomic E-state index is -0.551.